The first-order valence-electron chi connectivity index (χ1n) is 3.69. The fourth-order valence-electron chi connectivity index (χ4n) is 0.985. The standard InChI is InChI=1S/C8H13NO3/c1-8(2)6(7(10)11-4)5-12-9(8)3/h5H,1-4H3. The van der Waals surface area contributed by atoms with E-state index in [0.29, 0.717) is 5.57 Å². The van der Waals surface area contributed by atoms with Crippen molar-refractivity contribution in [1.29, 1.82) is 0 Å². The number of likely N-dealkylation sites (N-methyl/N-ethyl adjacent to an activating group) is 1. The van der Waals surface area contributed by atoms with Crippen LogP contribution in [0.4, 0.5) is 0 Å². The molecule has 1 aliphatic heterocycles. The molecule has 0 aromatic rings. The molecule has 0 N–H and O–H groups in total. The first kappa shape index (κ1) is 9.06. The quantitative estimate of drug-likeness (QED) is 0.544. The average Bonchev–Trinajstić information content (AvgIpc) is 2.27. The summed E-state index contributed by atoms with van der Waals surface area (Å²) in [6.07, 6.45) is 1.42. The Labute approximate surface area is 71.7 Å². The fourth-order valence-corrected chi connectivity index (χ4v) is 0.985. The predicted molar refractivity (Wildman–Crippen MR) is 43.0 cm³/mol. The number of ether oxygens (including phenoxy) is 1. The summed E-state index contributed by atoms with van der Waals surface area (Å²) in [4.78, 5) is 16.3. The molecule has 0 saturated carbocycles. The highest BCUT2D eigenvalue weighted by molar-refractivity contribution is 5.90. The van der Waals surface area contributed by atoms with Crippen LogP contribution in [0.15, 0.2) is 11.8 Å². The summed E-state index contributed by atoms with van der Waals surface area (Å²) in [6, 6.07) is 0. The normalized spacial score (nSPS) is 21.5. The summed E-state index contributed by atoms with van der Waals surface area (Å²) in [5, 5.41) is 1.61. The predicted octanol–water partition coefficient (Wildman–Crippen LogP) is 0.699. The summed E-state index contributed by atoms with van der Waals surface area (Å²) in [6.45, 7) is 3.78. The first-order chi connectivity index (χ1) is 5.50. The number of hydrogen-bond donors (Lipinski definition) is 0. The van der Waals surface area contributed by atoms with Crippen LogP contribution in [0.3, 0.4) is 0 Å². The zero-order chi connectivity index (χ0) is 9.35. The number of carbonyl (C=O) groups is 1. The van der Waals surface area contributed by atoms with Gasteiger partial charge in [-0.2, -0.15) is 0 Å². The molecule has 0 bridgehead atoms. The van der Waals surface area contributed by atoms with Crippen LogP contribution in [-0.2, 0) is 14.4 Å². The largest absolute Gasteiger partial charge is 0.466 e. The Balaban J connectivity index is 2.87. The van der Waals surface area contributed by atoms with E-state index < -0.39 is 5.54 Å². The smallest absolute Gasteiger partial charge is 0.338 e. The van der Waals surface area contributed by atoms with E-state index in [4.69, 9.17) is 4.84 Å². The minimum Gasteiger partial charge on any atom is -0.466 e. The molecule has 0 aromatic heterocycles. The molecule has 0 aromatic carbocycles. The molecule has 0 aliphatic carbocycles. The van der Waals surface area contributed by atoms with Crippen LogP contribution in [0.1, 0.15) is 13.8 Å². The molecular weight excluding hydrogens is 158 g/mol. The lowest BCUT2D eigenvalue weighted by atomic mass is 9.96. The van der Waals surface area contributed by atoms with Gasteiger partial charge in [0, 0.05) is 7.05 Å². The Morgan fingerprint density at radius 3 is 2.58 bits per heavy atom. The van der Waals surface area contributed by atoms with Gasteiger partial charge >= 0.3 is 5.97 Å². The van der Waals surface area contributed by atoms with E-state index in [-0.39, 0.29) is 5.97 Å². The summed E-state index contributed by atoms with van der Waals surface area (Å²) in [5.41, 5.74) is 0.125. The molecule has 0 saturated heterocycles. The molecule has 12 heavy (non-hydrogen) atoms. The molecule has 4 heteroatoms. The summed E-state index contributed by atoms with van der Waals surface area (Å²) < 4.78 is 4.60. The van der Waals surface area contributed by atoms with Gasteiger partial charge in [-0.05, 0) is 13.8 Å². The molecule has 1 heterocycles. The maximum Gasteiger partial charge on any atom is 0.338 e. The van der Waals surface area contributed by atoms with E-state index in [9.17, 15) is 4.79 Å². The Morgan fingerprint density at radius 1 is 1.67 bits per heavy atom. The lowest BCUT2D eigenvalue weighted by molar-refractivity contribution is -0.139. The minimum atomic E-state index is -0.410. The zero-order valence-corrected chi connectivity index (χ0v) is 7.75. The number of nitrogens with zero attached hydrogens (tertiary/aromatic N) is 1. The highest BCUT2D eigenvalue weighted by atomic mass is 16.7. The van der Waals surface area contributed by atoms with Crippen LogP contribution >= 0.6 is 0 Å². The number of methoxy groups -OCH3 is 1. The number of hydrogen-bond acceptors (Lipinski definition) is 4. The van der Waals surface area contributed by atoms with Crippen LogP contribution in [0, 0.1) is 0 Å². The third-order valence-electron chi connectivity index (χ3n) is 2.18. The van der Waals surface area contributed by atoms with Gasteiger partial charge in [0.15, 0.2) is 0 Å². The fraction of sp³-hybridized carbons (Fsp3) is 0.625. The van der Waals surface area contributed by atoms with Crippen molar-refractivity contribution in [2.45, 2.75) is 19.4 Å². The van der Waals surface area contributed by atoms with Crippen molar-refractivity contribution in [3.8, 4) is 0 Å². The van der Waals surface area contributed by atoms with Crippen molar-refractivity contribution >= 4 is 5.97 Å². The molecule has 1 rings (SSSR count). The Bertz CT molecular complexity index is 232. The van der Waals surface area contributed by atoms with E-state index in [0.717, 1.165) is 0 Å². The van der Waals surface area contributed by atoms with Crippen LogP contribution in [0.5, 0.6) is 0 Å². The third kappa shape index (κ3) is 1.18. The van der Waals surface area contributed by atoms with Crippen molar-refractivity contribution in [1.82, 2.24) is 5.06 Å². The Morgan fingerprint density at radius 2 is 2.25 bits per heavy atom. The van der Waals surface area contributed by atoms with Crippen LogP contribution in [-0.4, -0.2) is 30.7 Å². The van der Waals surface area contributed by atoms with Crippen molar-refractivity contribution in [2.75, 3.05) is 14.2 Å². The second-order valence-corrected chi connectivity index (χ2v) is 3.19. The maximum atomic E-state index is 11.2. The lowest BCUT2D eigenvalue weighted by Crippen LogP contribution is -2.39. The van der Waals surface area contributed by atoms with Gasteiger partial charge in [0.25, 0.3) is 0 Å². The second-order valence-electron chi connectivity index (χ2n) is 3.19. The van der Waals surface area contributed by atoms with Gasteiger partial charge in [-0.1, -0.05) is 0 Å². The summed E-state index contributed by atoms with van der Waals surface area (Å²) >= 11 is 0. The van der Waals surface area contributed by atoms with Crippen LogP contribution in [0.25, 0.3) is 0 Å². The number of esters is 1. The van der Waals surface area contributed by atoms with Crippen molar-refractivity contribution in [3.63, 3.8) is 0 Å². The number of hydroxylamine groups is 2. The monoisotopic (exact) mass is 171 g/mol. The van der Waals surface area contributed by atoms with Crippen LogP contribution < -0.4 is 0 Å². The van der Waals surface area contributed by atoms with E-state index >= 15 is 0 Å². The second kappa shape index (κ2) is 2.79. The minimum absolute atomic E-state index is 0.343. The van der Waals surface area contributed by atoms with Gasteiger partial charge in [0.05, 0.1) is 18.2 Å². The average molecular weight is 171 g/mol. The van der Waals surface area contributed by atoms with Gasteiger partial charge in [-0.25, -0.2) is 4.79 Å². The molecule has 1 aliphatic rings. The highest BCUT2D eigenvalue weighted by Crippen LogP contribution is 2.29. The summed E-state index contributed by atoms with van der Waals surface area (Å²) in [5.74, 6) is -0.343. The molecule has 0 radical (unpaired) electrons. The van der Waals surface area contributed by atoms with E-state index in [2.05, 4.69) is 4.74 Å². The van der Waals surface area contributed by atoms with Gasteiger partial charge in [0.2, 0.25) is 0 Å². The van der Waals surface area contributed by atoms with Crippen molar-refractivity contribution < 1.29 is 14.4 Å². The molecule has 4 nitrogen and oxygen atoms in total. The summed E-state index contributed by atoms with van der Waals surface area (Å²) in [7, 11) is 3.13. The van der Waals surface area contributed by atoms with Gasteiger partial charge in [-0.3, -0.25) is 0 Å². The molecule has 0 spiro atoms. The molecule has 0 unspecified atom stereocenters. The maximum absolute atomic E-state index is 11.2. The molecule has 68 valence electrons. The van der Waals surface area contributed by atoms with Crippen LogP contribution in [0.2, 0.25) is 0 Å². The van der Waals surface area contributed by atoms with Crippen molar-refractivity contribution in [2.24, 2.45) is 0 Å². The van der Waals surface area contributed by atoms with Gasteiger partial charge in [-0.15, -0.1) is 5.06 Å². The zero-order valence-electron chi connectivity index (χ0n) is 7.75. The SMILES string of the molecule is COC(=O)C1=CON(C)C1(C)C. The first-order valence-corrected chi connectivity index (χ1v) is 3.69. The highest BCUT2D eigenvalue weighted by Gasteiger charge is 2.39. The molecule has 0 fully saturated rings. The molecular formula is C8H13NO3. The number of carbonyl (C=O) groups excluding carboxylic acids is 1. The van der Waals surface area contributed by atoms with E-state index in [1.807, 2.05) is 13.8 Å². The number of rotatable bonds is 1. The Kier molecular flexibility index (Phi) is 2.10. The van der Waals surface area contributed by atoms with Crippen molar-refractivity contribution in [3.05, 3.63) is 11.8 Å². The molecule has 0 atom stereocenters. The lowest BCUT2D eigenvalue weighted by Gasteiger charge is -2.26. The van der Waals surface area contributed by atoms with E-state index in [1.54, 1.807) is 12.1 Å². The topological polar surface area (TPSA) is 38.8 Å². The van der Waals surface area contributed by atoms with Gasteiger partial charge in [0.1, 0.15) is 6.26 Å². The Hall–Kier alpha value is -1.03. The molecule has 0 amide bonds. The third-order valence-corrected chi connectivity index (χ3v) is 2.18. The van der Waals surface area contributed by atoms with E-state index in [1.165, 1.54) is 13.4 Å². The van der Waals surface area contributed by atoms with Gasteiger partial charge < -0.3 is 9.57 Å².